The Morgan fingerprint density at radius 3 is 2.68 bits per heavy atom. The first-order valence-electron chi connectivity index (χ1n) is 8.08. The number of aryl methyl sites for hydroxylation is 1. The van der Waals surface area contributed by atoms with E-state index in [4.69, 9.17) is 11.6 Å². The van der Waals surface area contributed by atoms with Gasteiger partial charge in [-0.25, -0.2) is 20.1 Å². The number of imidazole rings is 1. The molecule has 0 spiro atoms. The molecule has 0 saturated carbocycles. The van der Waals surface area contributed by atoms with Crippen LogP contribution in [0, 0.1) is 0 Å². The molecule has 0 unspecified atom stereocenters. The number of fused-ring (bicyclic) bond motifs is 1. The Hall–Kier alpha value is -2.68. The Balaban J connectivity index is 1.57. The Morgan fingerprint density at radius 2 is 1.92 bits per heavy atom. The summed E-state index contributed by atoms with van der Waals surface area (Å²) in [6.45, 7) is 5.79. The zero-order chi connectivity index (χ0) is 17.4. The number of hydrogen-bond acceptors (Lipinski definition) is 7. The van der Waals surface area contributed by atoms with Crippen LogP contribution in [0.1, 0.15) is 6.92 Å². The highest BCUT2D eigenvalue weighted by atomic mass is 35.5. The van der Waals surface area contributed by atoms with Crippen molar-refractivity contribution in [2.24, 2.45) is 0 Å². The molecule has 1 aliphatic heterocycles. The highest BCUT2D eigenvalue weighted by molar-refractivity contribution is 6.33. The molecule has 0 aliphatic carbocycles. The molecule has 1 fully saturated rings. The molecular weight excluding hydrogens is 344 g/mol. The van der Waals surface area contributed by atoms with E-state index in [-0.39, 0.29) is 10.6 Å². The fourth-order valence-electron chi connectivity index (χ4n) is 3.08. The highest BCUT2D eigenvalue weighted by Crippen LogP contribution is 2.26. The molecule has 130 valence electrons. The number of nitrogens with one attached hydrogen (secondary N) is 1. The third-order valence-electron chi connectivity index (χ3n) is 4.42. The molecule has 4 heterocycles. The van der Waals surface area contributed by atoms with E-state index < -0.39 is 0 Å². The van der Waals surface area contributed by atoms with Gasteiger partial charge in [0.15, 0.2) is 17.0 Å². The van der Waals surface area contributed by atoms with Crippen LogP contribution < -0.4 is 15.4 Å². The summed E-state index contributed by atoms with van der Waals surface area (Å²) in [6.07, 6.45) is 4.96. The lowest BCUT2D eigenvalue weighted by Gasteiger charge is -2.36. The number of aromatic amines is 1. The maximum absolute atomic E-state index is 11.6. The van der Waals surface area contributed by atoms with Crippen molar-refractivity contribution in [1.29, 1.82) is 0 Å². The molecule has 9 nitrogen and oxygen atoms in total. The Bertz CT molecular complexity index is 960. The van der Waals surface area contributed by atoms with Gasteiger partial charge in [0.1, 0.15) is 11.3 Å². The lowest BCUT2D eigenvalue weighted by Crippen LogP contribution is -2.47. The molecule has 0 radical (unpaired) electrons. The zero-order valence-corrected chi connectivity index (χ0v) is 14.4. The first kappa shape index (κ1) is 15.8. The summed E-state index contributed by atoms with van der Waals surface area (Å²) in [4.78, 5) is 29.1. The number of H-pyrrole nitrogens is 1. The minimum atomic E-state index is -0.371. The van der Waals surface area contributed by atoms with E-state index in [2.05, 4.69) is 41.9 Å². The molecule has 3 aromatic rings. The van der Waals surface area contributed by atoms with Gasteiger partial charge in [-0.3, -0.25) is 4.79 Å². The monoisotopic (exact) mass is 360 g/mol. The second-order valence-corrected chi connectivity index (χ2v) is 6.15. The van der Waals surface area contributed by atoms with E-state index in [0.29, 0.717) is 18.8 Å². The molecule has 3 aromatic heterocycles. The summed E-state index contributed by atoms with van der Waals surface area (Å²) >= 11 is 6.10. The van der Waals surface area contributed by atoms with Crippen molar-refractivity contribution in [3.8, 4) is 0 Å². The van der Waals surface area contributed by atoms with Gasteiger partial charge in [-0.1, -0.05) is 11.6 Å². The van der Waals surface area contributed by atoms with Crippen molar-refractivity contribution in [3.63, 3.8) is 0 Å². The van der Waals surface area contributed by atoms with Gasteiger partial charge in [-0.2, -0.15) is 5.10 Å². The van der Waals surface area contributed by atoms with Gasteiger partial charge in [-0.15, -0.1) is 0 Å². The predicted molar refractivity (Wildman–Crippen MR) is 95.3 cm³/mol. The third kappa shape index (κ3) is 2.70. The summed E-state index contributed by atoms with van der Waals surface area (Å²) < 4.78 is 2.00. The van der Waals surface area contributed by atoms with Gasteiger partial charge >= 0.3 is 0 Å². The second kappa shape index (κ2) is 6.32. The average Bonchev–Trinajstić information content (AvgIpc) is 3.07. The van der Waals surface area contributed by atoms with Crippen LogP contribution in [0.3, 0.4) is 0 Å². The van der Waals surface area contributed by atoms with E-state index >= 15 is 0 Å². The van der Waals surface area contributed by atoms with E-state index in [0.717, 1.165) is 36.6 Å². The van der Waals surface area contributed by atoms with Crippen LogP contribution in [0.5, 0.6) is 0 Å². The van der Waals surface area contributed by atoms with Gasteiger partial charge in [0.2, 0.25) is 0 Å². The van der Waals surface area contributed by atoms with Gasteiger partial charge in [0.25, 0.3) is 5.56 Å². The van der Waals surface area contributed by atoms with Gasteiger partial charge in [0.05, 0.1) is 18.2 Å². The standard InChI is InChI=1S/C15H17ClN8O/c1-2-22-9-19-12-13(22)17-8-18-14(12)24-5-3-23(4-6-24)10-7-20-21-15(25)11(10)16/h7-9H,2-6H2,1H3,(H,21,25). The highest BCUT2D eigenvalue weighted by Gasteiger charge is 2.23. The minimum Gasteiger partial charge on any atom is -0.365 e. The van der Waals surface area contributed by atoms with Crippen molar-refractivity contribution >= 4 is 34.3 Å². The second-order valence-electron chi connectivity index (χ2n) is 5.77. The molecule has 0 atom stereocenters. The summed E-state index contributed by atoms with van der Waals surface area (Å²) in [6, 6.07) is 0. The van der Waals surface area contributed by atoms with E-state index in [1.165, 1.54) is 0 Å². The summed E-state index contributed by atoms with van der Waals surface area (Å²) in [5, 5.41) is 6.35. The maximum atomic E-state index is 11.6. The fraction of sp³-hybridized carbons (Fsp3) is 0.400. The number of hydrogen-bond donors (Lipinski definition) is 1. The Labute approximate surface area is 148 Å². The molecule has 1 saturated heterocycles. The molecule has 0 bridgehead atoms. The molecule has 0 aromatic carbocycles. The lowest BCUT2D eigenvalue weighted by molar-refractivity contribution is 0.646. The van der Waals surface area contributed by atoms with Crippen molar-refractivity contribution in [2.45, 2.75) is 13.5 Å². The number of rotatable bonds is 3. The minimum absolute atomic E-state index is 0.176. The first-order valence-corrected chi connectivity index (χ1v) is 8.45. The number of piperazine rings is 1. The number of aromatic nitrogens is 6. The summed E-state index contributed by atoms with van der Waals surface area (Å²) in [7, 11) is 0. The van der Waals surface area contributed by atoms with Crippen molar-refractivity contribution in [1.82, 2.24) is 29.7 Å². The van der Waals surface area contributed by atoms with Crippen molar-refractivity contribution < 1.29 is 0 Å². The smallest absolute Gasteiger partial charge is 0.285 e. The van der Waals surface area contributed by atoms with Gasteiger partial charge in [-0.05, 0) is 6.92 Å². The largest absolute Gasteiger partial charge is 0.365 e. The van der Waals surface area contributed by atoms with Crippen molar-refractivity contribution in [2.75, 3.05) is 36.0 Å². The number of nitrogens with zero attached hydrogens (tertiary/aromatic N) is 7. The van der Waals surface area contributed by atoms with Gasteiger partial charge < -0.3 is 14.4 Å². The lowest BCUT2D eigenvalue weighted by atomic mass is 10.2. The number of anilines is 2. The maximum Gasteiger partial charge on any atom is 0.285 e. The molecule has 0 amide bonds. The summed E-state index contributed by atoms with van der Waals surface area (Å²) in [5.74, 6) is 0.840. The Morgan fingerprint density at radius 1 is 1.16 bits per heavy atom. The molecule has 4 rings (SSSR count). The quantitative estimate of drug-likeness (QED) is 0.741. The van der Waals surface area contributed by atoms with E-state index in [9.17, 15) is 4.79 Å². The van der Waals surface area contributed by atoms with Crippen LogP contribution in [0.25, 0.3) is 11.2 Å². The third-order valence-corrected chi connectivity index (χ3v) is 4.78. The SMILES string of the molecule is CCn1cnc2c(N3CCN(c4cn[nH]c(=O)c4Cl)CC3)ncnc21. The van der Waals surface area contributed by atoms with E-state index in [1.54, 1.807) is 18.9 Å². The molecular formula is C15H17ClN8O. The van der Waals surface area contributed by atoms with E-state index in [1.807, 2.05) is 4.57 Å². The van der Waals surface area contributed by atoms with Crippen LogP contribution in [0.4, 0.5) is 11.5 Å². The van der Waals surface area contributed by atoms with Crippen LogP contribution in [0.2, 0.25) is 5.02 Å². The summed E-state index contributed by atoms with van der Waals surface area (Å²) in [5.41, 5.74) is 1.95. The molecule has 1 N–H and O–H groups in total. The predicted octanol–water partition coefficient (Wildman–Crippen LogP) is 0.909. The van der Waals surface area contributed by atoms with Crippen molar-refractivity contribution in [3.05, 3.63) is 34.2 Å². The van der Waals surface area contributed by atoms with Gasteiger partial charge in [0, 0.05) is 32.7 Å². The van der Waals surface area contributed by atoms with Crippen LogP contribution in [0.15, 0.2) is 23.6 Å². The first-order chi connectivity index (χ1) is 12.2. The van der Waals surface area contributed by atoms with Crippen LogP contribution in [-0.4, -0.2) is 55.9 Å². The normalized spacial score (nSPS) is 15.1. The molecule has 1 aliphatic rings. The average molecular weight is 361 g/mol. The number of halogens is 1. The zero-order valence-electron chi connectivity index (χ0n) is 13.7. The Kier molecular flexibility index (Phi) is 4.00. The molecule has 25 heavy (non-hydrogen) atoms. The van der Waals surface area contributed by atoms with Crippen LogP contribution >= 0.6 is 11.6 Å². The molecule has 10 heteroatoms. The topological polar surface area (TPSA) is 95.8 Å². The fourth-order valence-corrected chi connectivity index (χ4v) is 3.30. The van der Waals surface area contributed by atoms with Crippen LogP contribution in [-0.2, 0) is 6.54 Å².